The molecule has 2 rings (SSSR count). The van der Waals surface area contributed by atoms with E-state index < -0.39 is 0 Å². The number of fused-ring (bicyclic) bond motifs is 1. The fourth-order valence-electron chi connectivity index (χ4n) is 0.995. The van der Waals surface area contributed by atoms with E-state index >= 15 is 0 Å². The van der Waals surface area contributed by atoms with Crippen LogP contribution in [0, 0.1) is 0 Å². The summed E-state index contributed by atoms with van der Waals surface area (Å²) in [5.41, 5.74) is 1.21. The van der Waals surface area contributed by atoms with Gasteiger partial charge in [-0.2, -0.15) is 0 Å². The molecule has 0 radical (unpaired) electrons. The van der Waals surface area contributed by atoms with Gasteiger partial charge in [0.05, 0.1) is 0 Å². The Balaban J connectivity index is 0.000000184. The van der Waals surface area contributed by atoms with Crippen LogP contribution in [0.5, 0.6) is 0 Å². The largest absolute Gasteiger partial charge is 0.361 e. The molecule has 1 aromatic heterocycles. The topological polar surface area (TPSA) is 32.9 Å². The van der Waals surface area contributed by atoms with Gasteiger partial charge in [0.2, 0.25) is 0 Å². The zero-order valence-electron chi connectivity index (χ0n) is 7.23. The summed E-state index contributed by atoms with van der Waals surface area (Å²) in [7, 11) is 0. The summed E-state index contributed by atoms with van der Waals surface area (Å²) >= 11 is 0. The third-order valence-corrected chi connectivity index (χ3v) is 1.56. The fourth-order valence-corrected chi connectivity index (χ4v) is 0.995. The van der Waals surface area contributed by atoms with Crippen LogP contribution in [-0.2, 0) is 4.79 Å². The average molecular weight is 173 g/mol. The van der Waals surface area contributed by atoms with Gasteiger partial charge in [0.25, 0.3) is 0 Å². The lowest BCUT2D eigenvalue weighted by Crippen LogP contribution is -1.61. The van der Waals surface area contributed by atoms with Crippen molar-refractivity contribution >= 4 is 17.2 Å². The first-order valence-corrected chi connectivity index (χ1v) is 3.97. The number of benzene rings is 1. The van der Waals surface area contributed by atoms with Gasteiger partial charge in [-0.05, 0) is 23.6 Å². The predicted octanol–water partition coefficient (Wildman–Crippen LogP) is 2.54. The van der Waals surface area contributed by atoms with Crippen LogP contribution in [0.4, 0.5) is 0 Å². The molecule has 0 fully saturated rings. The van der Waals surface area contributed by atoms with Gasteiger partial charge in [-0.1, -0.05) is 24.8 Å². The highest BCUT2D eigenvalue weighted by molar-refractivity contribution is 5.78. The van der Waals surface area contributed by atoms with Crippen molar-refractivity contribution in [3.63, 3.8) is 0 Å². The number of carbonyl (C=O) groups is 1. The Kier molecular flexibility index (Phi) is 3.51. The molecule has 0 unspecified atom stereocenters. The summed E-state index contributed by atoms with van der Waals surface area (Å²) < 4.78 is 0. The summed E-state index contributed by atoms with van der Waals surface area (Å²) in [6.45, 7) is 3.11. The van der Waals surface area contributed by atoms with Crippen LogP contribution in [0.1, 0.15) is 0 Å². The van der Waals surface area contributed by atoms with Crippen molar-refractivity contribution in [1.29, 1.82) is 0 Å². The van der Waals surface area contributed by atoms with E-state index in [1.165, 1.54) is 17.0 Å². The summed E-state index contributed by atoms with van der Waals surface area (Å²) in [4.78, 5) is 12.2. The lowest BCUT2D eigenvalue weighted by Gasteiger charge is -1.83. The summed E-state index contributed by atoms with van der Waals surface area (Å²) in [5.74, 6) is 0. The Labute approximate surface area is 76.9 Å². The molecule has 1 aromatic carbocycles. The van der Waals surface area contributed by atoms with Gasteiger partial charge in [-0.15, -0.1) is 0 Å². The Morgan fingerprint density at radius 2 is 1.92 bits per heavy atom. The molecule has 0 aliphatic heterocycles. The molecule has 2 nitrogen and oxygen atoms in total. The average Bonchev–Trinajstić information content (AvgIpc) is 2.66. The van der Waals surface area contributed by atoms with Gasteiger partial charge >= 0.3 is 0 Å². The summed E-state index contributed by atoms with van der Waals surface area (Å²) in [6, 6.07) is 10.3. The third kappa shape index (κ3) is 2.60. The molecular formula is C11H11NO. The highest BCUT2D eigenvalue weighted by Crippen LogP contribution is 2.09. The molecule has 0 bridgehead atoms. The first kappa shape index (κ1) is 9.26. The van der Waals surface area contributed by atoms with E-state index in [9.17, 15) is 0 Å². The molecule has 0 saturated carbocycles. The van der Waals surface area contributed by atoms with Crippen LogP contribution in [0.3, 0.4) is 0 Å². The van der Waals surface area contributed by atoms with Crippen LogP contribution in [0.25, 0.3) is 10.9 Å². The van der Waals surface area contributed by atoms with E-state index in [1.54, 1.807) is 0 Å². The lowest BCUT2D eigenvalue weighted by molar-refractivity contribution is -0.104. The first-order chi connectivity index (χ1) is 6.38. The van der Waals surface area contributed by atoms with Gasteiger partial charge in [0.1, 0.15) is 6.29 Å². The van der Waals surface area contributed by atoms with Crippen molar-refractivity contribution in [2.24, 2.45) is 0 Å². The van der Waals surface area contributed by atoms with Crippen LogP contribution < -0.4 is 0 Å². The number of aromatic nitrogens is 1. The second-order valence-corrected chi connectivity index (χ2v) is 2.44. The zero-order valence-corrected chi connectivity index (χ0v) is 7.23. The number of carbonyl (C=O) groups excluding carboxylic acids is 1. The molecule has 0 atom stereocenters. The van der Waals surface area contributed by atoms with Gasteiger partial charge in [-0.25, -0.2) is 0 Å². The number of para-hydroxylation sites is 1. The number of aldehydes is 1. The van der Waals surface area contributed by atoms with E-state index in [2.05, 4.69) is 29.8 Å². The Bertz CT molecular complexity index is 353. The molecule has 0 aliphatic rings. The second kappa shape index (κ2) is 4.93. The summed E-state index contributed by atoms with van der Waals surface area (Å²) in [5, 5.41) is 1.28. The Hall–Kier alpha value is -1.83. The monoisotopic (exact) mass is 173 g/mol. The standard InChI is InChI=1S/C8H7N.C3H4O/c1-2-4-8-7(3-1)5-6-9-8;1-2-3-4/h1-6,9H;2-3H,1H2. The SMILES string of the molecule is C=CC=O.c1ccc2[nH]ccc2c1. The number of hydrogen-bond acceptors (Lipinski definition) is 1. The van der Waals surface area contributed by atoms with Gasteiger partial charge in [0, 0.05) is 11.7 Å². The van der Waals surface area contributed by atoms with Gasteiger partial charge < -0.3 is 4.98 Å². The third-order valence-electron chi connectivity index (χ3n) is 1.56. The molecule has 13 heavy (non-hydrogen) atoms. The molecule has 1 heterocycles. The number of hydrogen-bond donors (Lipinski definition) is 1. The Morgan fingerprint density at radius 3 is 2.54 bits per heavy atom. The van der Waals surface area contributed by atoms with E-state index in [4.69, 9.17) is 4.79 Å². The molecule has 0 saturated heterocycles. The van der Waals surface area contributed by atoms with Crippen LogP contribution in [-0.4, -0.2) is 11.3 Å². The van der Waals surface area contributed by atoms with Crippen LogP contribution >= 0.6 is 0 Å². The van der Waals surface area contributed by atoms with Crippen molar-refractivity contribution in [2.45, 2.75) is 0 Å². The van der Waals surface area contributed by atoms with Gasteiger partial charge in [-0.3, -0.25) is 4.79 Å². The Morgan fingerprint density at radius 1 is 1.23 bits per heavy atom. The fraction of sp³-hybridized carbons (Fsp3) is 0. The maximum atomic E-state index is 9.06. The van der Waals surface area contributed by atoms with Crippen molar-refractivity contribution in [1.82, 2.24) is 4.98 Å². The van der Waals surface area contributed by atoms with E-state index in [0.717, 1.165) is 0 Å². The highest BCUT2D eigenvalue weighted by Gasteiger charge is 1.86. The number of rotatable bonds is 1. The number of aromatic amines is 1. The van der Waals surface area contributed by atoms with E-state index in [-0.39, 0.29) is 0 Å². The molecule has 0 amide bonds. The molecule has 1 N–H and O–H groups in total. The highest BCUT2D eigenvalue weighted by atomic mass is 16.1. The van der Waals surface area contributed by atoms with Crippen molar-refractivity contribution in [3.05, 3.63) is 49.2 Å². The molecule has 66 valence electrons. The molecule has 2 aromatic rings. The van der Waals surface area contributed by atoms with Gasteiger partial charge in [0.15, 0.2) is 0 Å². The molecule has 0 aliphatic carbocycles. The minimum atomic E-state index is 0.639. The zero-order chi connectivity index (χ0) is 9.52. The number of allylic oxidation sites excluding steroid dienone is 1. The maximum Gasteiger partial charge on any atom is 0.142 e. The molecule has 0 spiro atoms. The van der Waals surface area contributed by atoms with Crippen LogP contribution in [0.2, 0.25) is 0 Å². The van der Waals surface area contributed by atoms with Crippen molar-refractivity contribution in [3.8, 4) is 0 Å². The first-order valence-electron chi connectivity index (χ1n) is 3.97. The normalized spacial score (nSPS) is 8.62. The minimum absolute atomic E-state index is 0.639. The molecular weight excluding hydrogens is 162 g/mol. The van der Waals surface area contributed by atoms with Crippen molar-refractivity contribution < 1.29 is 4.79 Å². The number of nitrogens with one attached hydrogen (secondary N) is 1. The van der Waals surface area contributed by atoms with Crippen molar-refractivity contribution in [2.75, 3.05) is 0 Å². The van der Waals surface area contributed by atoms with E-state index in [0.29, 0.717) is 6.29 Å². The molecule has 2 heteroatoms. The second-order valence-electron chi connectivity index (χ2n) is 2.44. The predicted molar refractivity (Wildman–Crippen MR) is 54.6 cm³/mol. The lowest BCUT2D eigenvalue weighted by atomic mass is 10.3. The van der Waals surface area contributed by atoms with E-state index in [1.807, 2.05) is 18.3 Å². The maximum absolute atomic E-state index is 9.06. The minimum Gasteiger partial charge on any atom is -0.361 e. The quantitative estimate of drug-likeness (QED) is 0.521. The number of H-pyrrole nitrogens is 1. The van der Waals surface area contributed by atoms with Crippen LogP contribution in [0.15, 0.2) is 49.2 Å². The smallest absolute Gasteiger partial charge is 0.142 e. The summed E-state index contributed by atoms with van der Waals surface area (Å²) in [6.07, 6.45) is 3.78.